The summed E-state index contributed by atoms with van der Waals surface area (Å²) in [6.07, 6.45) is 4.01. The van der Waals surface area contributed by atoms with Gasteiger partial charge in [-0.3, -0.25) is 4.79 Å². The average Bonchev–Trinajstić information content (AvgIpc) is 3.08. The molecule has 0 aliphatic rings. The fourth-order valence-electron chi connectivity index (χ4n) is 3.29. The molecule has 4 nitrogen and oxygen atoms in total. The smallest absolute Gasteiger partial charge is 0.244 e. The van der Waals surface area contributed by atoms with Crippen molar-refractivity contribution in [2.24, 2.45) is 5.10 Å². The zero-order chi connectivity index (χ0) is 20.1. The van der Waals surface area contributed by atoms with E-state index in [-0.39, 0.29) is 12.3 Å². The molecule has 3 aromatic carbocycles. The summed E-state index contributed by atoms with van der Waals surface area (Å²) in [6, 6.07) is 25.7. The van der Waals surface area contributed by atoms with E-state index in [0.717, 1.165) is 28.6 Å². The number of hydrogen-bond donors (Lipinski definition) is 1. The Hall–Kier alpha value is -3.37. The van der Waals surface area contributed by atoms with E-state index in [1.54, 1.807) is 18.3 Å². The molecular weight excluding hydrogens is 382 g/mol. The van der Waals surface area contributed by atoms with E-state index in [1.807, 2.05) is 42.5 Å². The van der Waals surface area contributed by atoms with Crippen LogP contribution in [0.2, 0.25) is 5.02 Å². The molecule has 0 radical (unpaired) electrons. The summed E-state index contributed by atoms with van der Waals surface area (Å²) in [7, 11) is 0. The summed E-state index contributed by atoms with van der Waals surface area (Å²) in [6.45, 7) is 0.776. The molecule has 1 N–H and O–H groups in total. The molecule has 0 spiro atoms. The molecule has 29 heavy (non-hydrogen) atoms. The number of amides is 1. The van der Waals surface area contributed by atoms with Crippen molar-refractivity contribution in [2.75, 3.05) is 0 Å². The van der Waals surface area contributed by atoms with Crippen molar-refractivity contribution in [2.45, 2.75) is 13.0 Å². The lowest BCUT2D eigenvalue weighted by atomic mass is 10.1. The molecular formula is C24H20ClN3O. The van der Waals surface area contributed by atoms with Gasteiger partial charge in [-0.1, -0.05) is 72.3 Å². The van der Waals surface area contributed by atoms with Gasteiger partial charge in [0, 0.05) is 34.2 Å². The van der Waals surface area contributed by atoms with Gasteiger partial charge in [-0.15, -0.1) is 0 Å². The third kappa shape index (κ3) is 4.73. The number of carbonyl (C=O) groups is 1. The highest BCUT2D eigenvalue weighted by Crippen LogP contribution is 2.21. The van der Waals surface area contributed by atoms with Crippen molar-refractivity contribution in [1.29, 1.82) is 0 Å². The molecule has 4 aromatic rings. The second-order valence-electron chi connectivity index (χ2n) is 6.81. The molecule has 0 fully saturated rings. The molecule has 0 aliphatic heterocycles. The number of carbonyl (C=O) groups excluding carboxylic acids is 1. The van der Waals surface area contributed by atoms with Gasteiger partial charge in [0.25, 0.3) is 0 Å². The van der Waals surface area contributed by atoms with E-state index in [1.165, 1.54) is 5.56 Å². The number of benzene rings is 3. The van der Waals surface area contributed by atoms with Crippen LogP contribution >= 0.6 is 11.6 Å². The third-order valence-electron chi connectivity index (χ3n) is 4.69. The Morgan fingerprint density at radius 3 is 2.45 bits per heavy atom. The second kappa shape index (κ2) is 8.76. The van der Waals surface area contributed by atoms with Crippen LogP contribution in [-0.2, 0) is 17.8 Å². The summed E-state index contributed by atoms with van der Waals surface area (Å²) in [5, 5.41) is 5.91. The van der Waals surface area contributed by atoms with Gasteiger partial charge in [-0.25, -0.2) is 5.43 Å². The van der Waals surface area contributed by atoms with Crippen molar-refractivity contribution in [3.8, 4) is 0 Å². The molecule has 0 saturated heterocycles. The Balaban J connectivity index is 1.48. The van der Waals surface area contributed by atoms with Gasteiger partial charge in [0.1, 0.15) is 0 Å². The number of aromatic nitrogens is 1. The SMILES string of the molecule is O=C(Cc1ccc(Cl)cc1)NN=Cc1cn(Cc2ccccc2)c2ccccc12. The van der Waals surface area contributed by atoms with Crippen LogP contribution in [0.1, 0.15) is 16.7 Å². The first kappa shape index (κ1) is 19.0. The first-order chi connectivity index (χ1) is 14.2. The lowest BCUT2D eigenvalue weighted by Crippen LogP contribution is -2.19. The van der Waals surface area contributed by atoms with E-state index in [2.05, 4.69) is 45.6 Å². The Bertz CT molecular complexity index is 1150. The maximum absolute atomic E-state index is 12.1. The number of rotatable bonds is 6. The summed E-state index contributed by atoms with van der Waals surface area (Å²) in [5.41, 5.74) is 6.82. The zero-order valence-electron chi connectivity index (χ0n) is 15.8. The molecule has 4 rings (SSSR count). The lowest BCUT2D eigenvalue weighted by molar-refractivity contribution is -0.120. The fraction of sp³-hybridized carbons (Fsp3) is 0.0833. The number of halogens is 1. The molecule has 1 aromatic heterocycles. The average molecular weight is 402 g/mol. The van der Waals surface area contributed by atoms with Crippen LogP contribution < -0.4 is 5.43 Å². The molecule has 144 valence electrons. The highest BCUT2D eigenvalue weighted by Gasteiger charge is 2.07. The monoisotopic (exact) mass is 401 g/mol. The molecule has 5 heteroatoms. The minimum absolute atomic E-state index is 0.170. The van der Waals surface area contributed by atoms with Crippen LogP contribution in [0, 0.1) is 0 Å². The third-order valence-corrected chi connectivity index (χ3v) is 4.94. The summed E-state index contributed by atoms with van der Waals surface area (Å²) < 4.78 is 2.20. The normalized spacial score (nSPS) is 11.2. The zero-order valence-corrected chi connectivity index (χ0v) is 16.5. The molecule has 1 heterocycles. The van der Waals surface area contributed by atoms with Crippen LogP contribution in [0.15, 0.2) is 90.2 Å². The van der Waals surface area contributed by atoms with Gasteiger partial charge in [-0.05, 0) is 29.3 Å². The molecule has 0 unspecified atom stereocenters. The minimum atomic E-state index is -0.170. The highest BCUT2D eigenvalue weighted by molar-refractivity contribution is 6.30. The van der Waals surface area contributed by atoms with Gasteiger partial charge in [0.05, 0.1) is 12.6 Å². The van der Waals surface area contributed by atoms with Gasteiger partial charge in [0.2, 0.25) is 5.91 Å². The van der Waals surface area contributed by atoms with Crippen LogP contribution in [0.3, 0.4) is 0 Å². The number of para-hydroxylation sites is 1. The van der Waals surface area contributed by atoms with Gasteiger partial charge in [0.15, 0.2) is 0 Å². The van der Waals surface area contributed by atoms with Crippen LogP contribution in [0.5, 0.6) is 0 Å². The standard InChI is InChI=1S/C24H20ClN3O/c25-21-12-10-18(11-13-21)14-24(29)27-26-15-20-17-28(16-19-6-2-1-3-7-19)23-9-5-4-8-22(20)23/h1-13,15,17H,14,16H2,(H,27,29). The minimum Gasteiger partial charge on any atom is -0.342 e. The number of hydrogen-bond acceptors (Lipinski definition) is 2. The molecule has 0 aliphatic carbocycles. The Morgan fingerprint density at radius 1 is 0.931 bits per heavy atom. The van der Waals surface area contributed by atoms with Gasteiger partial charge in [-0.2, -0.15) is 5.10 Å². The van der Waals surface area contributed by atoms with Crippen molar-refractivity contribution in [3.63, 3.8) is 0 Å². The first-order valence-corrected chi connectivity index (χ1v) is 9.75. The highest BCUT2D eigenvalue weighted by atomic mass is 35.5. The Morgan fingerprint density at radius 2 is 1.66 bits per heavy atom. The largest absolute Gasteiger partial charge is 0.342 e. The van der Waals surface area contributed by atoms with E-state index < -0.39 is 0 Å². The predicted octanol–water partition coefficient (Wildman–Crippen LogP) is 5.04. The molecule has 0 saturated carbocycles. The molecule has 0 bridgehead atoms. The lowest BCUT2D eigenvalue weighted by Gasteiger charge is -2.05. The van der Waals surface area contributed by atoms with E-state index in [0.29, 0.717) is 5.02 Å². The Labute approximate surface area is 174 Å². The van der Waals surface area contributed by atoms with E-state index in [4.69, 9.17) is 11.6 Å². The van der Waals surface area contributed by atoms with Gasteiger partial charge < -0.3 is 4.57 Å². The molecule has 1 amide bonds. The van der Waals surface area contributed by atoms with Gasteiger partial charge >= 0.3 is 0 Å². The van der Waals surface area contributed by atoms with Crippen LogP contribution in [0.4, 0.5) is 0 Å². The van der Waals surface area contributed by atoms with Crippen molar-refractivity contribution in [3.05, 3.63) is 107 Å². The van der Waals surface area contributed by atoms with E-state index in [9.17, 15) is 4.79 Å². The molecule has 0 atom stereocenters. The maximum Gasteiger partial charge on any atom is 0.244 e. The maximum atomic E-state index is 12.1. The number of fused-ring (bicyclic) bond motifs is 1. The Kier molecular flexibility index (Phi) is 5.73. The second-order valence-corrected chi connectivity index (χ2v) is 7.25. The summed E-state index contributed by atoms with van der Waals surface area (Å²) >= 11 is 5.87. The van der Waals surface area contributed by atoms with Crippen LogP contribution in [-0.4, -0.2) is 16.7 Å². The summed E-state index contributed by atoms with van der Waals surface area (Å²) in [4.78, 5) is 12.1. The first-order valence-electron chi connectivity index (χ1n) is 9.37. The fourth-order valence-corrected chi connectivity index (χ4v) is 3.42. The predicted molar refractivity (Wildman–Crippen MR) is 118 cm³/mol. The number of nitrogens with zero attached hydrogens (tertiary/aromatic N) is 2. The quantitative estimate of drug-likeness (QED) is 0.357. The number of hydrazone groups is 1. The van der Waals surface area contributed by atoms with Crippen molar-refractivity contribution >= 4 is 34.6 Å². The summed E-state index contributed by atoms with van der Waals surface area (Å²) in [5.74, 6) is -0.170. The van der Waals surface area contributed by atoms with Crippen molar-refractivity contribution < 1.29 is 4.79 Å². The van der Waals surface area contributed by atoms with Crippen LogP contribution in [0.25, 0.3) is 10.9 Å². The number of nitrogens with one attached hydrogen (secondary N) is 1. The van der Waals surface area contributed by atoms with E-state index >= 15 is 0 Å². The van der Waals surface area contributed by atoms with Crippen molar-refractivity contribution in [1.82, 2.24) is 9.99 Å². The topological polar surface area (TPSA) is 46.4 Å².